The van der Waals surface area contributed by atoms with E-state index in [1.165, 1.54) is 89.8 Å². The predicted molar refractivity (Wildman–Crippen MR) is 99.5 cm³/mol. The Bertz CT molecular complexity index is 324. The molecule has 2 fully saturated rings. The molecule has 0 amide bonds. The van der Waals surface area contributed by atoms with Crippen molar-refractivity contribution >= 4 is 6.29 Å². The number of hydrogen-bond donors (Lipinski definition) is 0. The van der Waals surface area contributed by atoms with E-state index >= 15 is 0 Å². The molecular weight excluding hydrogens is 280 g/mol. The summed E-state index contributed by atoms with van der Waals surface area (Å²) in [5.74, 6) is 4.05. The highest BCUT2D eigenvalue weighted by Gasteiger charge is 2.25. The van der Waals surface area contributed by atoms with E-state index in [1.54, 1.807) is 0 Å². The van der Waals surface area contributed by atoms with Crippen LogP contribution in [0.15, 0.2) is 0 Å². The molecule has 0 aromatic carbocycles. The van der Waals surface area contributed by atoms with Gasteiger partial charge in [-0.15, -0.1) is 0 Å². The normalized spacial score (nSPS) is 35.1. The van der Waals surface area contributed by atoms with Gasteiger partial charge in [0.05, 0.1) is 0 Å². The Labute approximate surface area is 145 Å². The van der Waals surface area contributed by atoms with Gasteiger partial charge < -0.3 is 4.79 Å². The zero-order chi connectivity index (χ0) is 16.5. The Morgan fingerprint density at radius 3 is 2.13 bits per heavy atom. The Morgan fingerprint density at radius 1 is 0.783 bits per heavy atom. The number of rotatable bonds is 9. The van der Waals surface area contributed by atoms with Crippen molar-refractivity contribution in [1.29, 1.82) is 0 Å². The summed E-state index contributed by atoms with van der Waals surface area (Å²) in [6, 6.07) is 0. The lowest BCUT2D eigenvalue weighted by molar-refractivity contribution is -0.113. The second-order valence-electron chi connectivity index (χ2n) is 8.85. The second kappa shape index (κ2) is 10.5. The summed E-state index contributed by atoms with van der Waals surface area (Å²) in [5, 5.41) is 0. The van der Waals surface area contributed by atoms with Gasteiger partial charge in [-0.3, -0.25) is 0 Å². The average molecular weight is 321 g/mol. The van der Waals surface area contributed by atoms with Crippen molar-refractivity contribution in [3.63, 3.8) is 0 Å². The first-order valence-corrected chi connectivity index (χ1v) is 10.7. The van der Waals surface area contributed by atoms with Gasteiger partial charge in [-0.1, -0.05) is 71.6 Å². The molecule has 1 nitrogen and oxygen atoms in total. The van der Waals surface area contributed by atoms with Crippen LogP contribution in [0.2, 0.25) is 0 Å². The molecule has 2 aliphatic rings. The van der Waals surface area contributed by atoms with Gasteiger partial charge in [-0.05, 0) is 55.8 Å². The van der Waals surface area contributed by atoms with Crippen molar-refractivity contribution in [2.45, 2.75) is 104 Å². The fourth-order valence-corrected chi connectivity index (χ4v) is 5.27. The highest BCUT2D eigenvalue weighted by Crippen LogP contribution is 2.36. The van der Waals surface area contributed by atoms with Crippen LogP contribution in [0.3, 0.4) is 0 Å². The maximum Gasteiger partial charge on any atom is 0.123 e. The highest BCUT2D eigenvalue weighted by molar-refractivity contribution is 5.54. The summed E-state index contributed by atoms with van der Waals surface area (Å²) in [6.45, 7) is 4.90. The third kappa shape index (κ3) is 6.59. The van der Waals surface area contributed by atoms with Crippen LogP contribution in [0.4, 0.5) is 0 Å². The summed E-state index contributed by atoms with van der Waals surface area (Å²) >= 11 is 0. The Hall–Kier alpha value is -0.330. The van der Waals surface area contributed by atoms with Gasteiger partial charge in [0.2, 0.25) is 0 Å². The molecule has 0 N–H and O–H groups in total. The first kappa shape index (κ1) is 19.0. The van der Waals surface area contributed by atoms with Crippen molar-refractivity contribution in [1.82, 2.24) is 0 Å². The van der Waals surface area contributed by atoms with E-state index in [1.807, 2.05) is 0 Å². The lowest BCUT2D eigenvalue weighted by atomic mass is 9.73. The highest BCUT2D eigenvalue weighted by atomic mass is 16.1. The topological polar surface area (TPSA) is 17.1 Å². The van der Waals surface area contributed by atoms with Crippen LogP contribution in [-0.2, 0) is 4.79 Å². The summed E-state index contributed by atoms with van der Waals surface area (Å²) in [6.07, 6.45) is 20.6. The summed E-state index contributed by atoms with van der Waals surface area (Å²) in [5.41, 5.74) is 0. The van der Waals surface area contributed by atoms with E-state index in [9.17, 15) is 4.79 Å². The molecule has 2 aliphatic carbocycles. The molecule has 0 heterocycles. The van der Waals surface area contributed by atoms with Crippen molar-refractivity contribution in [3.8, 4) is 0 Å². The molecular formula is C22H40O. The number of hydrogen-bond acceptors (Lipinski definition) is 1. The molecule has 1 heteroatoms. The zero-order valence-electron chi connectivity index (χ0n) is 15.8. The van der Waals surface area contributed by atoms with Crippen LogP contribution in [-0.4, -0.2) is 6.29 Å². The first-order chi connectivity index (χ1) is 11.2. The predicted octanol–water partition coefficient (Wildman–Crippen LogP) is 6.79. The van der Waals surface area contributed by atoms with Crippen LogP contribution in [0.25, 0.3) is 0 Å². The largest absolute Gasteiger partial charge is 0.303 e. The van der Waals surface area contributed by atoms with E-state index in [-0.39, 0.29) is 0 Å². The zero-order valence-corrected chi connectivity index (χ0v) is 15.8. The molecule has 0 aromatic rings. The molecule has 0 spiro atoms. The Kier molecular flexibility index (Phi) is 8.69. The third-order valence-electron chi connectivity index (χ3n) is 6.90. The number of carbonyl (C=O) groups is 1. The van der Waals surface area contributed by atoms with Crippen molar-refractivity contribution in [2.24, 2.45) is 29.6 Å². The van der Waals surface area contributed by atoms with E-state index in [4.69, 9.17) is 0 Å². The van der Waals surface area contributed by atoms with E-state index < -0.39 is 0 Å². The molecule has 0 aromatic heterocycles. The number of unbranched alkanes of at least 4 members (excludes halogenated alkanes) is 4. The molecule has 134 valence electrons. The van der Waals surface area contributed by atoms with Crippen LogP contribution < -0.4 is 0 Å². The lowest BCUT2D eigenvalue weighted by Gasteiger charge is -2.32. The smallest absolute Gasteiger partial charge is 0.123 e. The van der Waals surface area contributed by atoms with Gasteiger partial charge in [0.15, 0.2) is 0 Å². The summed E-state index contributed by atoms with van der Waals surface area (Å²) in [7, 11) is 0. The van der Waals surface area contributed by atoms with Gasteiger partial charge in [0, 0.05) is 5.92 Å². The molecule has 0 aliphatic heterocycles. The fourth-order valence-electron chi connectivity index (χ4n) is 5.27. The molecule has 0 saturated heterocycles. The number of aldehydes is 1. The third-order valence-corrected chi connectivity index (χ3v) is 6.90. The summed E-state index contributed by atoms with van der Waals surface area (Å²) < 4.78 is 0. The van der Waals surface area contributed by atoms with Crippen LogP contribution in [0, 0.1) is 29.6 Å². The minimum atomic E-state index is 0.388. The molecule has 5 atom stereocenters. The van der Waals surface area contributed by atoms with Crippen molar-refractivity contribution in [3.05, 3.63) is 0 Å². The van der Waals surface area contributed by atoms with Crippen LogP contribution >= 0.6 is 0 Å². The second-order valence-corrected chi connectivity index (χ2v) is 8.85. The van der Waals surface area contributed by atoms with Gasteiger partial charge in [0.25, 0.3) is 0 Å². The first-order valence-electron chi connectivity index (χ1n) is 10.7. The van der Waals surface area contributed by atoms with Crippen molar-refractivity contribution < 1.29 is 4.79 Å². The van der Waals surface area contributed by atoms with Crippen LogP contribution in [0.5, 0.6) is 0 Å². The van der Waals surface area contributed by atoms with Gasteiger partial charge >= 0.3 is 0 Å². The van der Waals surface area contributed by atoms with Gasteiger partial charge in [-0.25, -0.2) is 0 Å². The number of carbonyl (C=O) groups excluding carboxylic acids is 1. The van der Waals surface area contributed by atoms with Crippen molar-refractivity contribution in [2.75, 3.05) is 0 Å². The van der Waals surface area contributed by atoms with E-state index in [2.05, 4.69) is 13.8 Å². The Morgan fingerprint density at radius 2 is 1.43 bits per heavy atom. The molecule has 2 saturated carbocycles. The minimum absolute atomic E-state index is 0.388. The van der Waals surface area contributed by atoms with Gasteiger partial charge in [-0.2, -0.15) is 0 Å². The lowest BCUT2D eigenvalue weighted by Crippen LogP contribution is -2.21. The average Bonchev–Trinajstić information content (AvgIpc) is 2.56. The summed E-state index contributed by atoms with van der Waals surface area (Å²) in [4.78, 5) is 11.1. The molecule has 0 radical (unpaired) electrons. The maximum atomic E-state index is 11.1. The van der Waals surface area contributed by atoms with Gasteiger partial charge in [0.1, 0.15) is 6.29 Å². The standard InChI is InChI=1S/C22H40O/c1-18-14-15-20(19(2)16-18)10-6-4-3-5-7-11-21-12-8-9-13-22(21)17-23/h17-22H,3-16H2,1-2H3. The SMILES string of the molecule is CC1CCC(CCCCCCCC2CCCCC2C=O)C(C)C1. The van der Waals surface area contributed by atoms with E-state index in [0.717, 1.165) is 24.2 Å². The van der Waals surface area contributed by atoms with Crippen LogP contribution in [0.1, 0.15) is 104 Å². The molecule has 23 heavy (non-hydrogen) atoms. The molecule has 5 unspecified atom stereocenters. The fraction of sp³-hybridized carbons (Fsp3) is 0.955. The maximum absolute atomic E-state index is 11.1. The minimum Gasteiger partial charge on any atom is -0.303 e. The van der Waals surface area contributed by atoms with E-state index in [0.29, 0.717) is 11.8 Å². The Balaban J connectivity index is 1.47. The molecule has 2 rings (SSSR count). The molecule has 0 bridgehead atoms. The monoisotopic (exact) mass is 320 g/mol. The quantitative estimate of drug-likeness (QED) is 0.337.